The van der Waals surface area contributed by atoms with Crippen LogP contribution in [-0.4, -0.2) is 67.1 Å². The first-order chi connectivity index (χ1) is 16.5. The summed E-state index contributed by atoms with van der Waals surface area (Å²) in [5.41, 5.74) is 9.56. The molecule has 4 rings (SSSR count). The highest BCUT2D eigenvalue weighted by atomic mass is 16.6. The van der Waals surface area contributed by atoms with E-state index in [0.29, 0.717) is 36.1 Å². The second-order valence-corrected chi connectivity index (χ2v) is 8.09. The number of rotatable bonds is 8. The number of hydrazone groups is 1. The minimum absolute atomic E-state index is 0.0259. The fraction of sp³-hybridized carbons (Fsp3) is 0.429. The maximum atomic E-state index is 12.9. The fourth-order valence-electron chi connectivity index (χ4n) is 3.66. The summed E-state index contributed by atoms with van der Waals surface area (Å²) < 4.78 is 11.4. The van der Waals surface area contributed by atoms with Gasteiger partial charge in [-0.15, -0.1) is 5.10 Å². The molecular formula is C21H27N9O4. The average molecular weight is 470 g/mol. The molecule has 34 heavy (non-hydrogen) atoms. The minimum Gasteiger partial charge on any atom is -0.504 e. The number of piperidine rings is 1. The summed E-state index contributed by atoms with van der Waals surface area (Å²) in [5, 5.41) is 29.3. The Kier molecular flexibility index (Phi) is 7.01. The Morgan fingerprint density at radius 1 is 1.38 bits per heavy atom. The summed E-state index contributed by atoms with van der Waals surface area (Å²) >= 11 is 0. The van der Waals surface area contributed by atoms with Crippen LogP contribution in [0.25, 0.3) is 5.82 Å². The second kappa shape index (κ2) is 10.3. The van der Waals surface area contributed by atoms with E-state index in [-0.39, 0.29) is 23.1 Å². The topological polar surface area (TPSA) is 170 Å². The summed E-state index contributed by atoms with van der Waals surface area (Å²) in [6, 6.07) is 4.76. The fourth-order valence-corrected chi connectivity index (χ4v) is 3.66. The predicted octanol–water partition coefficient (Wildman–Crippen LogP) is 1.33. The summed E-state index contributed by atoms with van der Waals surface area (Å²) in [5.74, 6) is 0.691. The van der Waals surface area contributed by atoms with Crippen molar-refractivity contribution in [1.82, 2.24) is 35.6 Å². The van der Waals surface area contributed by atoms with Gasteiger partial charge in [0.05, 0.1) is 18.5 Å². The number of likely N-dealkylation sites (tertiary alicyclic amines) is 1. The Morgan fingerprint density at radius 2 is 2.18 bits per heavy atom. The molecule has 1 fully saturated rings. The van der Waals surface area contributed by atoms with Gasteiger partial charge < -0.3 is 15.6 Å². The summed E-state index contributed by atoms with van der Waals surface area (Å²) in [4.78, 5) is 15.2. The zero-order valence-corrected chi connectivity index (χ0v) is 19.0. The van der Waals surface area contributed by atoms with E-state index in [4.69, 9.17) is 15.1 Å². The van der Waals surface area contributed by atoms with Crippen molar-refractivity contribution in [2.45, 2.75) is 33.2 Å². The van der Waals surface area contributed by atoms with Crippen LogP contribution in [0.15, 0.2) is 27.9 Å². The van der Waals surface area contributed by atoms with Gasteiger partial charge in [-0.05, 0) is 72.8 Å². The molecular weight excluding hydrogens is 442 g/mol. The maximum Gasteiger partial charge on any atom is 0.293 e. The molecule has 0 unspecified atom stereocenters. The molecule has 1 saturated heterocycles. The first kappa shape index (κ1) is 23.2. The van der Waals surface area contributed by atoms with Gasteiger partial charge in [-0.2, -0.15) is 9.78 Å². The molecule has 1 aromatic carbocycles. The molecule has 1 aliphatic rings. The summed E-state index contributed by atoms with van der Waals surface area (Å²) in [6.45, 7) is 6.66. The smallest absolute Gasteiger partial charge is 0.293 e. The van der Waals surface area contributed by atoms with Crippen molar-refractivity contribution in [2.75, 3.05) is 25.4 Å². The Hall–Kier alpha value is -4.00. The first-order valence-corrected chi connectivity index (χ1v) is 11.0. The van der Waals surface area contributed by atoms with Crippen molar-refractivity contribution in [3.63, 3.8) is 0 Å². The van der Waals surface area contributed by atoms with Crippen LogP contribution >= 0.6 is 0 Å². The average Bonchev–Trinajstić information content (AvgIpc) is 3.43. The molecule has 180 valence electrons. The molecule has 1 aliphatic heterocycles. The van der Waals surface area contributed by atoms with Crippen molar-refractivity contribution in [1.29, 1.82) is 0 Å². The third-order valence-electron chi connectivity index (χ3n) is 5.59. The van der Waals surface area contributed by atoms with Gasteiger partial charge in [0.1, 0.15) is 0 Å². The van der Waals surface area contributed by atoms with Crippen molar-refractivity contribution >= 4 is 17.9 Å². The second-order valence-electron chi connectivity index (χ2n) is 8.09. The minimum atomic E-state index is -0.540. The summed E-state index contributed by atoms with van der Waals surface area (Å²) in [7, 11) is 0. The molecule has 13 nitrogen and oxygen atoms in total. The van der Waals surface area contributed by atoms with Crippen LogP contribution in [0.4, 0.5) is 5.82 Å². The number of aromatic hydroxyl groups is 1. The van der Waals surface area contributed by atoms with Gasteiger partial charge in [0.15, 0.2) is 17.2 Å². The van der Waals surface area contributed by atoms with E-state index in [1.807, 2.05) is 6.92 Å². The lowest BCUT2D eigenvalue weighted by Crippen LogP contribution is -2.34. The van der Waals surface area contributed by atoms with Crippen molar-refractivity contribution < 1.29 is 19.3 Å². The molecule has 0 saturated carbocycles. The van der Waals surface area contributed by atoms with E-state index in [1.165, 1.54) is 17.0 Å². The quantitative estimate of drug-likeness (QED) is 0.323. The van der Waals surface area contributed by atoms with Crippen LogP contribution in [0.1, 0.15) is 48.4 Å². The van der Waals surface area contributed by atoms with Crippen LogP contribution in [0.3, 0.4) is 0 Å². The number of nitrogen functional groups attached to an aromatic ring is 1. The Balaban J connectivity index is 1.54. The number of phenolic OH excluding ortho intramolecular Hbond substituents is 1. The van der Waals surface area contributed by atoms with Gasteiger partial charge in [-0.25, -0.2) is 10.1 Å². The van der Waals surface area contributed by atoms with Gasteiger partial charge >= 0.3 is 0 Å². The van der Waals surface area contributed by atoms with Crippen LogP contribution in [-0.2, 0) is 6.54 Å². The van der Waals surface area contributed by atoms with E-state index in [1.54, 1.807) is 12.1 Å². The van der Waals surface area contributed by atoms with Gasteiger partial charge in [0.2, 0.25) is 11.6 Å². The van der Waals surface area contributed by atoms with Gasteiger partial charge in [0, 0.05) is 6.54 Å². The van der Waals surface area contributed by atoms with Crippen LogP contribution in [0.5, 0.6) is 11.5 Å². The van der Waals surface area contributed by atoms with Gasteiger partial charge in [0.25, 0.3) is 5.91 Å². The molecule has 0 bridgehead atoms. The monoisotopic (exact) mass is 469 g/mol. The number of hydrogen-bond donors (Lipinski definition) is 3. The summed E-state index contributed by atoms with van der Waals surface area (Å²) in [6.07, 6.45) is 3.57. The highest BCUT2D eigenvalue weighted by Gasteiger charge is 2.26. The number of nitrogens with zero attached hydrogens (tertiary/aromatic N) is 7. The van der Waals surface area contributed by atoms with Crippen molar-refractivity contribution in [3.05, 3.63) is 35.2 Å². The molecule has 3 aromatic rings. The van der Waals surface area contributed by atoms with E-state index < -0.39 is 5.91 Å². The van der Waals surface area contributed by atoms with E-state index >= 15 is 0 Å². The standard InChI is InChI=1S/C21H27N9O4/c1-3-33-17-10-14(4-5-16(17)31)11-23-25-21(32)18-15(12-29-8-6-13(2)7-9-29)30(28-24-18)20-19(22)26-34-27-20/h4-5,10-11,13,31H,3,6-9,12H2,1-2H3,(H2,22,26)(H,25,32)/b23-11+. The van der Waals surface area contributed by atoms with Crippen LogP contribution < -0.4 is 15.9 Å². The zero-order chi connectivity index (χ0) is 24.1. The van der Waals surface area contributed by atoms with E-state index in [9.17, 15) is 9.90 Å². The number of ether oxygens (including phenoxy) is 1. The number of aromatic nitrogens is 5. The molecule has 4 N–H and O–H groups in total. The lowest BCUT2D eigenvalue weighted by atomic mass is 9.99. The number of phenols is 1. The SMILES string of the molecule is CCOc1cc(/C=N/NC(=O)c2nnn(-c3nonc3N)c2CN2CCC(C)CC2)ccc1O. The largest absolute Gasteiger partial charge is 0.504 e. The van der Waals surface area contributed by atoms with Crippen molar-refractivity contribution in [3.8, 4) is 17.3 Å². The predicted molar refractivity (Wildman–Crippen MR) is 122 cm³/mol. The Morgan fingerprint density at radius 3 is 2.88 bits per heavy atom. The third-order valence-corrected chi connectivity index (χ3v) is 5.59. The number of hydrogen-bond acceptors (Lipinski definition) is 11. The third kappa shape index (κ3) is 5.14. The number of anilines is 1. The van der Waals surface area contributed by atoms with Crippen LogP contribution in [0, 0.1) is 5.92 Å². The Bertz CT molecular complexity index is 1160. The van der Waals surface area contributed by atoms with Crippen LogP contribution in [0.2, 0.25) is 0 Å². The molecule has 3 heterocycles. The van der Waals surface area contributed by atoms with E-state index in [0.717, 1.165) is 25.9 Å². The van der Waals surface area contributed by atoms with E-state index in [2.05, 4.69) is 43.0 Å². The number of carbonyl (C=O) groups excluding carboxylic acids is 1. The number of amides is 1. The van der Waals surface area contributed by atoms with Gasteiger partial charge in [-0.1, -0.05) is 12.1 Å². The lowest BCUT2D eigenvalue weighted by Gasteiger charge is -2.30. The van der Waals surface area contributed by atoms with Crippen molar-refractivity contribution in [2.24, 2.45) is 11.0 Å². The normalized spacial score (nSPS) is 15.1. The molecule has 0 spiro atoms. The number of nitrogens with one attached hydrogen (secondary N) is 1. The molecule has 0 radical (unpaired) electrons. The molecule has 13 heteroatoms. The van der Waals surface area contributed by atoms with Gasteiger partial charge in [-0.3, -0.25) is 9.69 Å². The molecule has 2 aromatic heterocycles. The molecule has 1 amide bonds. The number of nitrogens with two attached hydrogens (primary N) is 1. The molecule has 0 atom stereocenters. The lowest BCUT2D eigenvalue weighted by molar-refractivity contribution is 0.0947. The number of benzene rings is 1. The molecule has 0 aliphatic carbocycles. The maximum absolute atomic E-state index is 12.9. The zero-order valence-electron chi connectivity index (χ0n) is 19.0. The first-order valence-electron chi connectivity index (χ1n) is 11.0. The number of carbonyl (C=O) groups is 1. The highest BCUT2D eigenvalue weighted by Crippen LogP contribution is 2.26. The Labute approximate surface area is 195 Å². The highest BCUT2D eigenvalue weighted by molar-refractivity contribution is 5.94.